The largest absolute Gasteiger partial charge is 0.477 e. The summed E-state index contributed by atoms with van der Waals surface area (Å²) < 4.78 is 5.01. The zero-order valence-corrected chi connectivity index (χ0v) is 9.85. The van der Waals surface area contributed by atoms with E-state index in [-0.39, 0.29) is 11.6 Å². The van der Waals surface area contributed by atoms with Crippen molar-refractivity contribution in [2.24, 2.45) is 0 Å². The SMILES string of the molecule is COC(C)(C)C(=O)Nc1ccnc(C(=O)O)c1. The number of carbonyl (C=O) groups is 2. The number of anilines is 1. The van der Waals surface area contributed by atoms with Gasteiger partial charge in [0.25, 0.3) is 5.91 Å². The summed E-state index contributed by atoms with van der Waals surface area (Å²) in [5, 5.41) is 11.3. The molecular formula is C11H14N2O4. The predicted molar refractivity (Wildman–Crippen MR) is 60.9 cm³/mol. The Morgan fingerprint density at radius 3 is 2.65 bits per heavy atom. The quantitative estimate of drug-likeness (QED) is 0.821. The number of nitrogens with zero attached hydrogens (tertiary/aromatic N) is 1. The molecule has 0 unspecified atom stereocenters. The summed E-state index contributed by atoms with van der Waals surface area (Å²) in [7, 11) is 1.43. The molecular weight excluding hydrogens is 224 g/mol. The van der Waals surface area contributed by atoms with Crippen molar-refractivity contribution >= 4 is 17.6 Å². The summed E-state index contributed by atoms with van der Waals surface area (Å²) in [4.78, 5) is 26.1. The summed E-state index contributed by atoms with van der Waals surface area (Å²) in [6.45, 7) is 3.23. The molecule has 1 amide bonds. The second-order valence-corrected chi connectivity index (χ2v) is 3.90. The lowest BCUT2D eigenvalue weighted by atomic mass is 10.1. The fourth-order valence-corrected chi connectivity index (χ4v) is 1.000. The lowest BCUT2D eigenvalue weighted by molar-refractivity contribution is -0.133. The minimum Gasteiger partial charge on any atom is -0.477 e. The molecule has 0 spiro atoms. The van der Waals surface area contributed by atoms with E-state index in [0.717, 1.165) is 0 Å². The molecule has 6 heteroatoms. The van der Waals surface area contributed by atoms with E-state index in [9.17, 15) is 9.59 Å². The maximum atomic E-state index is 11.7. The van der Waals surface area contributed by atoms with E-state index in [0.29, 0.717) is 5.69 Å². The topological polar surface area (TPSA) is 88.5 Å². The van der Waals surface area contributed by atoms with Gasteiger partial charge in [-0.2, -0.15) is 0 Å². The fourth-order valence-electron chi connectivity index (χ4n) is 1.000. The van der Waals surface area contributed by atoms with E-state index in [1.807, 2.05) is 0 Å². The predicted octanol–water partition coefficient (Wildman–Crippen LogP) is 1.14. The maximum Gasteiger partial charge on any atom is 0.354 e. The van der Waals surface area contributed by atoms with Gasteiger partial charge in [0.2, 0.25) is 0 Å². The van der Waals surface area contributed by atoms with Crippen molar-refractivity contribution in [3.8, 4) is 0 Å². The molecule has 6 nitrogen and oxygen atoms in total. The zero-order valence-electron chi connectivity index (χ0n) is 9.85. The maximum absolute atomic E-state index is 11.7. The molecule has 0 radical (unpaired) electrons. The first-order valence-corrected chi connectivity index (χ1v) is 4.93. The first-order chi connectivity index (χ1) is 7.86. The molecule has 1 heterocycles. The summed E-state index contributed by atoms with van der Waals surface area (Å²) in [5.74, 6) is -1.50. The Kier molecular flexibility index (Phi) is 3.80. The number of nitrogens with one attached hydrogen (secondary N) is 1. The highest BCUT2D eigenvalue weighted by Crippen LogP contribution is 2.13. The first-order valence-electron chi connectivity index (χ1n) is 4.93. The lowest BCUT2D eigenvalue weighted by Crippen LogP contribution is -2.38. The number of aromatic nitrogens is 1. The molecule has 0 fully saturated rings. The third kappa shape index (κ3) is 3.25. The van der Waals surface area contributed by atoms with Crippen LogP contribution in [0.4, 0.5) is 5.69 Å². The van der Waals surface area contributed by atoms with Crippen LogP contribution in [-0.2, 0) is 9.53 Å². The van der Waals surface area contributed by atoms with Crippen LogP contribution in [0.5, 0.6) is 0 Å². The number of amides is 1. The average Bonchev–Trinajstić information content (AvgIpc) is 2.29. The number of aromatic carboxylic acids is 1. The summed E-state index contributed by atoms with van der Waals surface area (Å²) in [6, 6.07) is 2.79. The van der Waals surface area contributed by atoms with E-state index >= 15 is 0 Å². The number of rotatable bonds is 4. The number of carbonyl (C=O) groups excluding carboxylic acids is 1. The summed E-state index contributed by atoms with van der Waals surface area (Å²) in [5.41, 5.74) is -0.738. The number of pyridine rings is 1. The van der Waals surface area contributed by atoms with Crippen LogP contribution in [0, 0.1) is 0 Å². The number of methoxy groups -OCH3 is 1. The van der Waals surface area contributed by atoms with Gasteiger partial charge in [0, 0.05) is 19.0 Å². The Balaban J connectivity index is 2.86. The van der Waals surface area contributed by atoms with Crippen LogP contribution in [0.15, 0.2) is 18.3 Å². The van der Waals surface area contributed by atoms with Gasteiger partial charge >= 0.3 is 5.97 Å². The van der Waals surface area contributed by atoms with E-state index in [4.69, 9.17) is 9.84 Å². The molecule has 92 valence electrons. The van der Waals surface area contributed by atoms with Crippen molar-refractivity contribution in [3.05, 3.63) is 24.0 Å². The molecule has 17 heavy (non-hydrogen) atoms. The van der Waals surface area contributed by atoms with Crippen molar-refractivity contribution in [1.29, 1.82) is 0 Å². The van der Waals surface area contributed by atoms with Crippen molar-refractivity contribution in [2.75, 3.05) is 12.4 Å². The van der Waals surface area contributed by atoms with Crippen molar-refractivity contribution in [3.63, 3.8) is 0 Å². The monoisotopic (exact) mass is 238 g/mol. The fraction of sp³-hybridized carbons (Fsp3) is 0.364. The van der Waals surface area contributed by atoms with Gasteiger partial charge in [-0.1, -0.05) is 0 Å². The average molecular weight is 238 g/mol. The van der Waals surface area contributed by atoms with Crippen molar-refractivity contribution in [2.45, 2.75) is 19.4 Å². The Bertz CT molecular complexity index is 443. The number of ether oxygens (including phenoxy) is 1. The minimum absolute atomic E-state index is 0.127. The highest BCUT2D eigenvalue weighted by Gasteiger charge is 2.27. The molecule has 0 atom stereocenters. The van der Waals surface area contributed by atoms with Crippen LogP contribution in [0.2, 0.25) is 0 Å². The van der Waals surface area contributed by atoms with Crippen LogP contribution in [0.25, 0.3) is 0 Å². The zero-order chi connectivity index (χ0) is 13.1. The third-order valence-corrected chi connectivity index (χ3v) is 2.29. The van der Waals surface area contributed by atoms with Gasteiger partial charge in [-0.15, -0.1) is 0 Å². The molecule has 0 aliphatic heterocycles. The van der Waals surface area contributed by atoms with Gasteiger partial charge in [0.05, 0.1) is 0 Å². The summed E-state index contributed by atoms with van der Waals surface area (Å²) in [6.07, 6.45) is 1.32. The number of hydrogen-bond donors (Lipinski definition) is 2. The third-order valence-electron chi connectivity index (χ3n) is 2.29. The van der Waals surface area contributed by atoms with Gasteiger partial charge in [0.15, 0.2) is 0 Å². The van der Waals surface area contributed by atoms with Crippen LogP contribution >= 0.6 is 0 Å². The van der Waals surface area contributed by atoms with Crippen LogP contribution < -0.4 is 5.32 Å². The second-order valence-electron chi connectivity index (χ2n) is 3.90. The number of hydrogen-bond acceptors (Lipinski definition) is 4. The van der Waals surface area contributed by atoms with Gasteiger partial charge < -0.3 is 15.2 Å². The molecule has 1 aromatic rings. The number of carboxylic acid groups (broad SMARTS) is 1. The summed E-state index contributed by atoms with van der Waals surface area (Å²) >= 11 is 0. The van der Waals surface area contributed by atoms with Gasteiger partial charge in [-0.05, 0) is 26.0 Å². The van der Waals surface area contributed by atoms with Crippen LogP contribution in [0.1, 0.15) is 24.3 Å². The van der Waals surface area contributed by atoms with Crippen LogP contribution in [0.3, 0.4) is 0 Å². The Hall–Kier alpha value is -1.95. The highest BCUT2D eigenvalue weighted by molar-refractivity contribution is 5.97. The smallest absolute Gasteiger partial charge is 0.354 e. The second kappa shape index (κ2) is 4.92. The van der Waals surface area contributed by atoms with E-state index in [1.54, 1.807) is 13.8 Å². The molecule has 1 rings (SSSR count). The van der Waals surface area contributed by atoms with E-state index in [1.165, 1.54) is 25.4 Å². The lowest BCUT2D eigenvalue weighted by Gasteiger charge is -2.21. The molecule has 0 saturated carbocycles. The van der Waals surface area contributed by atoms with E-state index < -0.39 is 11.6 Å². The Morgan fingerprint density at radius 2 is 2.12 bits per heavy atom. The minimum atomic E-state index is -1.15. The Labute approximate surface area is 98.6 Å². The molecule has 0 saturated heterocycles. The van der Waals surface area contributed by atoms with E-state index in [2.05, 4.69) is 10.3 Å². The molecule has 0 bridgehead atoms. The highest BCUT2D eigenvalue weighted by atomic mass is 16.5. The van der Waals surface area contributed by atoms with Crippen molar-refractivity contribution in [1.82, 2.24) is 4.98 Å². The molecule has 2 N–H and O–H groups in total. The first kappa shape index (κ1) is 13.1. The molecule has 0 aliphatic rings. The van der Waals surface area contributed by atoms with Gasteiger partial charge in [0.1, 0.15) is 11.3 Å². The van der Waals surface area contributed by atoms with Gasteiger partial charge in [-0.3, -0.25) is 4.79 Å². The van der Waals surface area contributed by atoms with Gasteiger partial charge in [-0.25, -0.2) is 9.78 Å². The normalized spacial score (nSPS) is 11.0. The number of carboxylic acids is 1. The molecule has 0 aliphatic carbocycles. The Morgan fingerprint density at radius 1 is 1.47 bits per heavy atom. The molecule has 0 aromatic carbocycles. The van der Waals surface area contributed by atoms with Crippen LogP contribution in [-0.4, -0.2) is 34.7 Å². The standard InChI is InChI=1S/C11H14N2O4/c1-11(2,17-3)10(16)13-7-4-5-12-8(6-7)9(14)15/h4-6H,1-3H3,(H,14,15)(H,12,13,16). The molecule has 1 aromatic heterocycles. The van der Waals surface area contributed by atoms with Crippen molar-refractivity contribution < 1.29 is 19.4 Å².